The van der Waals surface area contributed by atoms with Crippen molar-refractivity contribution in [1.82, 2.24) is 4.98 Å². The molecule has 7 nitrogen and oxygen atoms in total. The number of hydrogen-bond donors (Lipinski definition) is 3. The Balaban J connectivity index is 1.43. The number of pyridine rings is 1. The number of halogens is 5. The lowest BCUT2D eigenvalue weighted by molar-refractivity contribution is -0.137. The maximum Gasteiger partial charge on any atom is 0.417 e. The van der Waals surface area contributed by atoms with Gasteiger partial charge in [0.05, 0.1) is 21.0 Å². The van der Waals surface area contributed by atoms with Crippen LogP contribution in [0.1, 0.15) is 21.5 Å². The maximum atomic E-state index is 14.4. The van der Waals surface area contributed by atoms with E-state index >= 15 is 0 Å². The predicted octanol–water partition coefficient (Wildman–Crippen LogP) is 6.90. The maximum absolute atomic E-state index is 14.4. The molecule has 4 aromatic rings. The molecular weight excluding hydrogens is 572 g/mol. The molecule has 3 N–H and O–H groups in total. The molecule has 0 aliphatic carbocycles. The second-order valence-corrected chi connectivity index (χ2v) is 11.1. The fourth-order valence-electron chi connectivity index (χ4n) is 3.62. The molecule has 1 heterocycles. The monoisotopic (exact) mass is 592 g/mol. The minimum Gasteiger partial charge on any atom is -0.381 e. The number of carbonyl (C=O) groups excluding carboxylic acids is 1. The lowest BCUT2D eigenvalue weighted by Gasteiger charge is -2.13. The van der Waals surface area contributed by atoms with Crippen molar-refractivity contribution in [3.05, 3.63) is 107 Å². The first-order valence-corrected chi connectivity index (χ1v) is 13.8. The molecule has 1 amide bonds. The van der Waals surface area contributed by atoms with Gasteiger partial charge in [-0.15, -0.1) is 0 Å². The van der Waals surface area contributed by atoms with Crippen LogP contribution in [0.4, 0.5) is 40.4 Å². The van der Waals surface area contributed by atoms with Gasteiger partial charge in [-0.2, -0.15) is 13.2 Å². The van der Waals surface area contributed by atoms with Gasteiger partial charge >= 0.3 is 6.18 Å². The van der Waals surface area contributed by atoms with Gasteiger partial charge in [-0.25, -0.2) is 17.8 Å². The van der Waals surface area contributed by atoms with Crippen molar-refractivity contribution in [2.45, 2.75) is 17.6 Å². The second-order valence-electron chi connectivity index (χ2n) is 8.67. The van der Waals surface area contributed by atoms with Crippen LogP contribution in [0.5, 0.6) is 0 Å². The van der Waals surface area contributed by atoms with Crippen molar-refractivity contribution < 1.29 is 30.8 Å². The summed E-state index contributed by atoms with van der Waals surface area (Å²) >= 11 is 5.61. The summed E-state index contributed by atoms with van der Waals surface area (Å²) in [5.74, 6) is -1.30. The minimum absolute atomic E-state index is 0.190. The molecule has 0 spiro atoms. The van der Waals surface area contributed by atoms with Crippen molar-refractivity contribution in [2.75, 3.05) is 22.2 Å². The van der Waals surface area contributed by atoms with Crippen molar-refractivity contribution >= 4 is 50.2 Å². The molecule has 0 saturated carbocycles. The van der Waals surface area contributed by atoms with Crippen LogP contribution in [-0.2, 0) is 22.6 Å². The van der Waals surface area contributed by atoms with Gasteiger partial charge in [0, 0.05) is 36.1 Å². The Kier molecular flexibility index (Phi) is 8.31. The molecule has 3 aromatic carbocycles. The standard InChI is InChI=1S/C27H21ClF4N4O3S/c1-40(38,39)20-6-2-17(3-7-20)35-25-12-16(10-11-33-25)15-34-18-5-9-24(29)21(13-18)26(37)36-19-4-8-23(28)22(14-19)27(30,31)32/h2-14,34H,15H2,1H3,(H,33,35)(H,36,37). The fourth-order valence-corrected chi connectivity index (χ4v) is 4.47. The quantitative estimate of drug-likeness (QED) is 0.192. The molecular formula is C27H21ClF4N4O3S. The smallest absolute Gasteiger partial charge is 0.381 e. The van der Waals surface area contributed by atoms with Gasteiger partial charge in [0.15, 0.2) is 9.84 Å². The number of benzene rings is 3. The summed E-state index contributed by atoms with van der Waals surface area (Å²) in [6.45, 7) is 0.267. The van der Waals surface area contributed by atoms with Crippen LogP contribution in [0.25, 0.3) is 0 Å². The average molecular weight is 593 g/mol. The lowest BCUT2D eigenvalue weighted by atomic mass is 10.1. The molecule has 0 bridgehead atoms. The van der Waals surface area contributed by atoms with E-state index in [0.717, 1.165) is 24.0 Å². The first-order valence-electron chi connectivity index (χ1n) is 11.5. The highest BCUT2D eigenvalue weighted by molar-refractivity contribution is 7.90. The van der Waals surface area contributed by atoms with Crippen LogP contribution in [0.3, 0.4) is 0 Å². The lowest BCUT2D eigenvalue weighted by Crippen LogP contribution is -2.15. The van der Waals surface area contributed by atoms with Crippen molar-refractivity contribution in [1.29, 1.82) is 0 Å². The molecule has 13 heteroatoms. The van der Waals surface area contributed by atoms with E-state index in [1.165, 1.54) is 30.3 Å². The number of amides is 1. The van der Waals surface area contributed by atoms with E-state index in [1.54, 1.807) is 30.5 Å². The summed E-state index contributed by atoms with van der Waals surface area (Å²) < 4.78 is 77.1. The topological polar surface area (TPSA) is 100 Å². The SMILES string of the molecule is CS(=O)(=O)c1ccc(Nc2cc(CNc3ccc(F)c(C(=O)Nc4ccc(Cl)c(C(F)(F)F)c4)c3)ccn2)cc1. The number of sulfone groups is 1. The van der Waals surface area contributed by atoms with E-state index in [-0.39, 0.29) is 22.7 Å². The first-order chi connectivity index (χ1) is 18.8. The molecule has 0 radical (unpaired) electrons. The van der Waals surface area contributed by atoms with E-state index in [9.17, 15) is 30.8 Å². The number of nitrogens with one attached hydrogen (secondary N) is 3. The van der Waals surface area contributed by atoms with Gasteiger partial charge in [-0.05, 0) is 78.4 Å². The van der Waals surface area contributed by atoms with Gasteiger partial charge in [0.25, 0.3) is 5.91 Å². The largest absolute Gasteiger partial charge is 0.417 e. The number of carbonyl (C=O) groups is 1. The summed E-state index contributed by atoms with van der Waals surface area (Å²) in [6, 6.07) is 16.3. The van der Waals surface area contributed by atoms with Crippen molar-refractivity contribution in [2.24, 2.45) is 0 Å². The van der Waals surface area contributed by atoms with Crippen LogP contribution in [0.15, 0.2) is 83.9 Å². The number of hydrogen-bond acceptors (Lipinski definition) is 6. The Labute approximate surface area is 232 Å². The van der Waals surface area contributed by atoms with E-state index in [2.05, 4.69) is 20.9 Å². The molecule has 0 aliphatic heterocycles. The van der Waals surface area contributed by atoms with E-state index in [4.69, 9.17) is 11.6 Å². The summed E-state index contributed by atoms with van der Waals surface area (Å²) in [4.78, 5) is 17.1. The molecule has 0 aliphatic rings. The zero-order valence-corrected chi connectivity index (χ0v) is 22.3. The minimum atomic E-state index is -4.72. The van der Waals surface area contributed by atoms with Gasteiger partial charge in [0.1, 0.15) is 11.6 Å². The average Bonchev–Trinajstić information content (AvgIpc) is 2.88. The Hall–Kier alpha value is -4.16. The molecule has 1 aromatic heterocycles. The van der Waals surface area contributed by atoms with Gasteiger partial charge in [-0.3, -0.25) is 4.79 Å². The summed E-state index contributed by atoms with van der Waals surface area (Å²) in [5, 5.41) is 7.88. The van der Waals surface area contributed by atoms with Crippen LogP contribution >= 0.6 is 11.6 Å². The van der Waals surface area contributed by atoms with Crippen LogP contribution in [-0.4, -0.2) is 25.6 Å². The Bertz CT molecular complexity index is 1660. The van der Waals surface area contributed by atoms with Gasteiger partial charge in [-0.1, -0.05) is 11.6 Å². The zero-order chi connectivity index (χ0) is 29.1. The Morgan fingerprint density at radius 1 is 0.925 bits per heavy atom. The third-order valence-electron chi connectivity index (χ3n) is 5.62. The number of alkyl halides is 3. The molecule has 0 unspecified atom stereocenters. The molecule has 0 saturated heterocycles. The van der Waals surface area contributed by atoms with Crippen molar-refractivity contribution in [3.8, 4) is 0 Å². The Morgan fingerprint density at radius 2 is 1.60 bits per heavy atom. The van der Waals surface area contributed by atoms with E-state index < -0.39 is 38.3 Å². The molecule has 208 valence electrons. The zero-order valence-electron chi connectivity index (χ0n) is 20.7. The fraction of sp³-hybridized carbons (Fsp3) is 0.111. The first kappa shape index (κ1) is 28.8. The summed E-state index contributed by atoms with van der Waals surface area (Å²) in [7, 11) is -3.31. The molecule has 40 heavy (non-hydrogen) atoms. The van der Waals surface area contributed by atoms with E-state index in [1.807, 2.05) is 0 Å². The molecule has 0 atom stereocenters. The predicted molar refractivity (Wildman–Crippen MR) is 145 cm³/mol. The second kappa shape index (κ2) is 11.5. The van der Waals surface area contributed by atoms with Gasteiger partial charge < -0.3 is 16.0 Å². The third kappa shape index (κ3) is 7.27. The van der Waals surface area contributed by atoms with Gasteiger partial charge in [0.2, 0.25) is 0 Å². The third-order valence-corrected chi connectivity index (χ3v) is 7.07. The van der Waals surface area contributed by atoms with Crippen molar-refractivity contribution in [3.63, 3.8) is 0 Å². The van der Waals surface area contributed by atoms with Crippen LogP contribution in [0.2, 0.25) is 5.02 Å². The number of anilines is 4. The molecule has 4 rings (SSSR count). The normalized spacial score (nSPS) is 11.7. The van der Waals surface area contributed by atoms with E-state index in [0.29, 0.717) is 23.3 Å². The van der Waals surface area contributed by atoms with Crippen LogP contribution < -0.4 is 16.0 Å². The molecule has 0 fully saturated rings. The van der Waals surface area contributed by atoms with Crippen LogP contribution in [0, 0.1) is 5.82 Å². The number of nitrogens with zero attached hydrogens (tertiary/aromatic N) is 1. The number of aromatic nitrogens is 1. The summed E-state index contributed by atoms with van der Waals surface area (Å²) in [5.41, 5.74) is 0.107. The number of rotatable bonds is 8. The Morgan fingerprint density at radius 3 is 2.27 bits per heavy atom. The highest BCUT2D eigenvalue weighted by Crippen LogP contribution is 2.36. The highest BCUT2D eigenvalue weighted by Gasteiger charge is 2.33. The summed E-state index contributed by atoms with van der Waals surface area (Å²) in [6.07, 6.45) is -2.04. The highest BCUT2D eigenvalue weighted by atomic mass is 35.5.